The Bertz CT molecular complexity index is 73.3. The summed E-state index contributed by atoms with van der Waals surface area (Å²) in [6.07, 6.45) is 1.96. The van der Waals surface area contributed by atoms with E-state index in [1.807, 2.05) is 6.26 Å². The van der Waals surface area contributed by atoms with Gasteiger partial charge in [-0.15, -0.1) is 11.8 Å². The van der Waals surface area contributed by atoms with Crippen LogP contribution in [0, 0.1) is 0 Å². The van der Waals surface area contributed by atoms with Crippen LogP contribution in [0.15, 0.2) is 4.99 Å². The van der Waals surface area contributed by atoms with Crippen molar-refractivity contribution >= 4 is 44.3 Å². The van der Waals surface area contributed by atoms with Crippen molar-refractivity contribution in [2.24, 2.45) is 4.99 Å². The van der Waals surface area contributed by atoms with Crippen molar-refractivity contribution in [3.05, 3.63) is 0 Å². The van der Waals surface area contributed by atoms with Crippen LogP contribution in [0.1, 0.15) is 0 Å². The molecule has 42 valence electrons. The molecule has 0 rings (SSSR count). The van der Waals surface area contributed by atoms with E-state index in [4.69, 9.17) is 0 Å². The molecular weight excluding hydrogens is 194 g/mol. The van der Waals surface area contributed by atoms with Gasteiger partial charge in [0.05, 0.1) is 5.88 Å². The van der Waals surface area contributed by atoms with Gasteiger partial charge in [0.2, 0.25) is 0 Å². The zero-order valence-electron chi connectivity index (χ0n) is 3.89. The van der Waals surface area contributed by atoms with Crippen LogP contribution in [-0.4, -0.2) is 16.1 Å². The van der Waals surface area contributed by atoms with E-state index < -0.39 is 0 Å². The molecule has 4 heteroatoms. The van der Waals surface area contributed by atoms with E-state index in [2.05, 4.69) is 33.6 Å². The minimum absolute atomic E-state index is 0.557. The second-order valence-electron chi connectivity index (χ2n) is 0.757. The van der Waals surface area contributed by atoms with Gasteiger partial charge in [-0.3, -0.25) is 4.99 Å². The van der Waals surface area contributed by atoms with Gasteiger partial charge in [0.1, 0.15) is 3.95 Å². The molecule has 0 aliphatic carbocycles. The summed E-state index contributed by atoms with van der Waals surface area (Å²) in [6, 6.07) is 0. The van der Waals surface area contributed by atoms with E-state index in [0.717, 1.165) is 3.95 Å². The molecule has 7 heavy (non-hydrogen) atoms. The predicted molar refractivity (Wildman–Crippen MR) is 43.7 cm³/mol. The van der Waals surface area contributed by atoms with Crippen molar-refractivity contribution in [1.29, 1.82) is 0 Å². The van der Waals surface area contributed by atoms with Gasteiger partial charge in [-0.1, -0.05) is 0 Å². The van der Waals surface area contributed by atoms with E-state index in [9.17, 15) is 0 Å². The molecule has 0 amide bonds. The van der Waals surface area contributed by atoms with Crippen molar-refractivity contribution in [1.82, 2.24) is 0 Å². The Morgan fingerprint density at radius 2 is 2.57 bits per heavy atom. The molecule has 0 spiro atoms. The Labute approximate surface area is 61.5 Å². The Balaban J connectivity index is 3.29. The topological polar surface area (TPSA) is 12.4 Å². The third kappa shape index (κ3) is 4.71. The molecule has 0 unspecified atom stereocenters. The highest BCUT2D eigenvalue weighted by atomic mass is 79.9. The molecule has 0 aromatic heterocycles. The standard InChI is InChI=1S/C3H6BrNS2/c1-7-3(4)5-2-6/h6H,2H2,1H3/b5-3-. The third-order valence-corrected chi connectivity index (χ3v) is 2.19. The third-order valence-electron chi connectivity index (χ3n) is 0.363. The first kappa shape index (κ1) is 7.85. The van der Waals surface area contributed by atoms with Crippen LogP contribution in [0.5, 0.6) is 0 Å². The number of rotatable bonds is 1. The molecule has 0 fully saturated rings. The van der Waals surface area contributed by atoms with E-state index in [1.54, 1.807) is 11.8 Å². The van der Waals surface area contributed by atoms with Crippen molar-refractivity contribution in [2.45, 2.75) is 0 Å². The van der Waals surface area contributed by atoms with Gasteiger partial charge in [0.15, 0.2) is 0 Å². The lowest BCUT2D eigenvalue weighted by Crippen LogP contribution is -1.73. The zero-order valence-corrected chi connectivity index (χ0v) is 7.18. The fourth-order valence-electron chi connectivity index (χ4n) is 0.120. The summed E-state index contributed by atoms with van der Waals surface area (Å²) in [5.41, 5.74) is 0. The predicted octanol–water partition coefficient (Wildman–Crippen LogP) is 1.99. The van der Waals surface area contributed by atoms with Crippen molar-refractivity contribution in [3.8, 4) is 0 Å². The molecule has 0 aromatic carbocycles. The van der Waals surface area contributed by atoms with Crippen molar-refractivity contribution in [3.63, 3.8) is 0 Å². The van der Waals surface area contributed by atoms with E-state index in [-0.39, 0.29) is 0 Å². The smallest absolute Gasteiger partial charge is 0.134 e. The average molecular weight is 200 g/mol. The number of hydrogen-bond donors (Lipinski definition) is 1. The van der Waals surface area contributed by atoms with Crippen LogP contribution in [0.3, 0.4) is 0 Å². The van der Waals surface area contributed by atoms with Gasteiger partial charge in [-0.2, -0.15) is 12.6 Å². The average Bonchev–Trinajstić information content (AvgIpc) is 1.68. The summed E-state index contributed by atoms with van der Waals surface area (Å²) < 4.78 is 0.905. The lowest BCUT2D eigenvalue weighted by molar-refractivity contribution is 1.42. The molecular formula is C3H6BrNS2. The summed E-state index contributed by atoms with van der Waals surface area (Å²) in [6.45, 7) is 0. The molecule has 0 aliphatic heterocycles. The monoisotopic (exact) mass is 199 g/mol. The second kappa shape index (κ2) is 5.00. The minimum Gasteiger partial charge on any atom is -0.261 e. The van der Waals surface area contributed by atoms with E-state index in [1.165, 1.54) is 0 Å². The summed E-state index contributed by atoms with van der Waals surface area (Å²) in [7, 11) is 0. The SMILES string of the molecule is CS/C(Br)=N\CS. The molecule has 0 aromatic rings. The molecule has 0 atom stereocenters. The van der Waals surface area contributed by atoms with Crippen molar-refractivity contribution < 1.29 is 0 Å². The maximum Gasteiger partial charge on any atom is 0.134 e. The maximum atomic E-state index is 3.90. The summed E-state index contributed by atoms with van der Waals surface area (Å²) >= 11 is 8.65. The number of thioether (sulfide) groups is 1. The molecule has 0 bridgehead atoms. The maximum absolute atomic E-state index is 3.90. The van der Waals surface area contributed by atoms with E-state index >= 15 is 0 Å². The number of nitrogens with zero attached hydrogens (tertiary/aromatic N) is 1. The zero-order chi connectivity index (χ0) is 5.70. The first-order valence-electron chi connectivity index (χ1n) is 1.66. The highest BCUT2D eigenvalue weighted by Crippen LogP contribution is 2.04. The number of thiol groups is 1. The molecule has 0 saturated carbocycles. The van der Waals surface area contributed by atoms with Crippen LogP contribution in [0.2, 0.25) is 0 Å². The van der Waals surface area contributed by atoms with Crippen LogP contribution < -0.4 is 0 Å². The van der Waals surface area contributed by atoms with Crippen LogP contribution in [-0.2, 0) is 0 Å². The summed E-state index contributed by atoms with van der Waals surface area (Å²) in [4.78, 5) is 3.90. The summed E-state index contributed by atoms with van der Waals surface area (Å²) in [5, 5.41) is 0. The van der Waals surface area contributed by atoms with Gasteiger partial charge in [0.25, 0.3) is 0 Å². The Kier molecular flexibility index (Phi) is 5.60. The molecule has 1 nitrogen and oxygen atoms in total. The second-order valence-corrected chi connectivity index (χ2v) is 3.11. The molecule has 0 radical (unpaired) electrons. The van der Waals surface area contributed by atoms with Gasteiger partial charge >= 0.3 is 0 Å². The van der Waals surface area contributed by atoms with Gasteiger partial charge in [-0.05, 0) is 22.2 Å². The van der Waals surface area contributed by atoms with Crippen molar-refractivity contribution in [2.75, 3.05) is 12.1 Å². The summed E-state index contributed by atoms with van der Waals surface area (Å²) in [5.74, 6) is 0.557. The first-order valence-corrected chi connectivity index (χ1v) is 4.31. The quantitative estimate of drug-likeness (QED) is 0.388. The normalized spacial score (nSPS) is 12.1. The van der Waals surface area contributed by atoms with Crippen LogP contribution in [0.25, 0.3) is 0 Å². The fourth-order valence-corrected chi connectivity index (χ4v) is 0.870. The fraction of sp³-hybridized carbons (Fsp3) is 0.667. The van der Waals surface area contributed by atoms with Gasteiger partial charge in [-0.25, -0.2) is 0 Å². The number of halogens is 1. The highest BCUT2D eigenvalue weighted by Gasteiger charge is 1.81. The Morgan fingerprint density at radius 3 is 2.71 bits per heavy atom. The lowest BCUT2D eigenvalue weighted by atomic mass is 11.4. The van der Waals surface area contributed by atoms with Gasteiger partial charge in [0, 0.05) is 0 Å². The Morgan fingerprint density at radius 1 is 2.00 bits per heavy atom. The minimum atomic E-state index is 0.557. The molecule has 0 N–H and O–H groups in total. The first-order chi connectivity index (χ1) is 3.31. The molecule has 0 aliphatic rings. The highest BCUT2D eigenvalue weighted by molar-refractivity contribution is 9.22. The number of hydrogen-bond acceptors (Lipinski definition) is 3. The van der Waals surface area contributed by atoms with Crippen LogP contribution in [0.4, 0.5) is 0 Å². The number of aliphatic imine (C=N–C) groups is 1. The molecule has 0 heterocycles. The molecule has 0 saturated heterocycles. The largest absolute Gasteiger partial charge is 0.261 e. The lowest BCUT2D eigenvalue weighted by Gasteiger charge is -1.84. The van der Waals surface area contributed by atoms with Crippen LogP contribution >= 0.6 is 40.3 Å². The Hall–Kier alpha value is 0.850. The van der Waals surface area contributed by atoms with Gasteiger partial charge < -0.3 is 0 Å². The van der Waals surface area contributed by atoms with E-state index in [0.29, 0.717) is 5.88 Å².